The summed E-state index contributed by atoms with van der Waals surface area (Å²) < 4.78 is 0. The summed E-state index contributed by atoms with van der Waals surface area (Å²) in [7, 11) is 9.34. The van der Waals surface area contributed by atoms with Crippen molar-refractivity contribution in [2.75, 3.05) is 0 Å². The Morgan fingerprint density at radius 2 is 1.64 bits per heavy atom. The third kappa shape index (κ3) is 6.67. The van der Waals surface area contributed by atoms with Crippen LogP contribution in [0.2, 0.25) is 0 Å². The zero-order valence-corrected chi connectivity index (χ0v) is 8.18. The van der Waals surface area contributed by atoms with Gasteiger partial charge >= 0.3 is 33.3 Å². The Morgan fingerprint density at radius 1 is 1.18 bits per heavy atom. The van der Waals surface area contributed by atoms with E-state index in [0.29, 0.717) is 6.54 Å². The number of rotatable bonds is 1. The average Bonchev–Trinajstić information content (AvgIpc) is 2.08. The topological polar surface area (TPSA) is 26.0 Å². The third-order valence-corrected chi connectivity index (χ3v) is 1.08. The molecular formula is C7H9Cl2CuN. The van der Waals surface area contributed by atoms with Gasteiger partial charge in [-0.25, -0.2) is 0 Å². The van der Waals surface area contributed by atoms with E-state index < -0.39 is 0 Å². The first-order valence-electron chi connectivity index (χ1n) is 2.90. The van der Waals surface area contributed by atoms with E-state index in [0.717, 1.165) is 13.1 Å². The molecule has 0 saturated heterocycles. The van der Waals surface area contributed by atoms with Gasteiger partial charge in [-0.05, 0) is 5.56 Å². The second kappa shape index (κ2) is 8.38. The molecule has 1 rings (SSSR count). The average molecular weight is 242 g/mol. The van der Waals surface area contributed by atoms with Crippen LogP contribution in [0.4, 0.5) is 0 Å². The first kappa shape index (κ1) is 11.3. The van der Waals surface area contributed by atoms with Crippen molar-refractivity contribution in [2.24, 2.45) is 5.73 Å². The summed E-state index contributed by atoms with van der Waals surface area (Å²) in [6.45, 7) is 0.640. The summed E-state index contributed by atoms with van der Waals surface area (Å²) in [5, 5.41) is 0. The van der Waals surface area contributed by atoms with E-state index in [9.17, 15) is 0 Å². The van der Waals surface area contributed by atoms with Gasteiger partial charge in [0.25, 0.3) is 0 Å². The van der Waals surface area contributed by atoms with Crippen LogP contribution in [-0.4, -0.2) is 0 Å². The second-order valence-corrected chi connectivity index (χ2v) is 3.29. The van der Waals surface area contributed by atoms with Gasteiger partial charge < -0.3 is 5.73 Å². The molecule has 0 bridgehead atoms. The minimum absolute atomic E-state index is 0.640. The molecule has 1 aromatic rings. The molecule has 0 amide bonds. The monoisotopic (exact) mass is 240 g/mol. The predicted molar refractivity (Wildman–Crippen MR) is 46.0 cm³/mol. The molecule has 0 aliphatic rings. The Morgan fingerprint density at radius 3 is 1.91 bits per heavy atom. The Labute approximate surface area is 81.5 Å². The van der Waals surface area contributed by atoms with Gasteiger partial charge in [0, 0.05) is 6.54 Å². The molecule has 0 aliphatic carbocycles. The van der Waals surface area contributed by atoms with Crippen LogP contribution in [0.25, 0.3) is 0 Å². The van der Waals surface area contributed by atoms with Crippen LogP contribution >= 0.6 is 20.2 Å². The van der Waals surface area contributed by atoms with Gasteiger partial charge in [-0.15, -0.1) is 0 Å². The maximum atomic E-state index is 5.35. The van der Waals surface area contributed by atoms with Crippen LogP contribution in [0.5, 0.6) is 0 Å². The third-order valence-electron chi connectivity index (χ3n) is 1.08. The summed E-state index contributed by atoms with van der Waals surface area (Å²) >= 11 is 0.757. The quantitative estimate of drug-likeness (QED) is 0.752. The summed E-state index contributed by atoms with van der Waals surface area (Å²) in [5.41, 5.74) is 6.54. The van der Waals surface area contributed by atoms with Crippen LogP contribution < -0.4 is 5.73 Å². The van der Waals surface area contributed by atoms with E-state index in [-0.39, 0.29) is 0 Å². The van der Waals surface area contributed by atoms with Crippen LogP contribution in [0, 0.1) is 0 Å². The molecule has 4 heteroatoms. The van der Waals surface area contributed by atoms with Gasteiger partial charge in [0.05, 0.1) is 0 Å². The molecule has 0 fully saturated rings. The number of nitrogens with two attached hydrogens (primary N) is 1. The van der Waals surface area contributed by atoms with Crippen LogP contribution in [0.15, 0.2) is 30.3 Å². The Balaban J connectivity index is 0.000000292. The molecule has 2 N–H and O–H groups in total. The van der Waals surface area contributed by atoms with Crippen molar-refractivity contribution in [3.05, 3.63) is 35.9 Å². The summed E-state index contributed by atoms with van der Waals surface area (Å²) in [6.07, 6.45) is 0. The molecular weight excluding hydrogens is 233 g/mol. The van der Waals surface area contributed by atoms with Gasteiger partial charge in [0.2, 0.25) is 0 Å². The summed E-state index contributed by atoms with van der Waals surface area (Å²) in [6, 6.07) is 9.99. The van der Waals surface area contributed by atoms with Crippen molar-refractivity contribution in [3.8, 4) is 0 Å². The molecule has 0 heterocycles. The zero-order valence-electron chi connectivity index (χ0n) is 5.73. The Hall–Kier alpha value is 0.279. The fraction of sp³-hybridized carbons (Fsp3) is 0.143. The van der Waals surface area contributed by atoms with Crippen LogP contribution in [0.3, 0.4) is 0 Å². The second-order valence-electron chi connectivity index (χ2n) is 1.73. The molecule has 1 nitrogen and oxygen atoms in total. The van der Waals surface area contributed by atoms with Gasteiger partial charge in [0.1, 0.15) is 0 Å². The van der Waals surface area contributed by atoms with Crippen LogP contribution in [-0.2, 0) is 19.7 Å². The number of halogens is 2. The molecule has 0 spiro atoms. The van der Waals surface area contributed by atoms with E-state index >= 15 is 0 Å². The maximum absolute atomic E-state index is 5.35. The van der Waals surface area contributed by atoms with E-state index in [1.807, 2.05) is 30.3 Å². The molecule has 0 aromatic heterocycles. The molecule has 11 heavy (non-hydrogen) atoms. The first-order valence-corrected chi connectivity index (χ1v) is 5.49. The standard InChI is InChI=1S/C7H9N.2ClH.Cu/c8-6-7-4-2-1-3-5-7;;;/h1-5H,6,8H2;2*1H;/q;;;+2/p-2. The van der Waals surface area contributed by atoms with Gasteiger partial charge in [-0.1, -0.05) is 30.3 Å². The van der Waals surface area contributed by atoms with Gasteiger partial charge in [-0.2, -0.15) is 0 Å². The van der Waals surface area contributed by atoms with E-state index in [1.54, 1.807) is 0 Å². The predicted octanol–water partition coefficient (Wildman–Crippen LogP) is 2.52. The molecule has 1 aromatic carbocycles. The van der Waals surface area contributed by atoms with E-state index in [1.165, 1.54) is 5.56 Å². The fourth-order valence-corrected chi connectivity index (χ4v) is 0.614. The molecule has 0 saturated carbocycles. The molecule has 0 atom stereocenters. The van der Waals surface area contributed by atoms with Crippen molar-refractivity contribution in [1.82, 2.24) is 0 Å². The zero-order chi connectivity index (χ0) is 8.53. The Bertz CT molecular complexity index is 169. The SMILES string of the molecule is NCc1ccccc1.[Cl][Cu][Cl]. The number of hydrogen-bond donors (Lipinski definition) is 1. The number of benzene rings is 1. The van der Waals surface area contributed by atoms with Crippen molar-refractivity contribution in [2.45, 2.75) is 6.54 Å². The van der Waals surface area contributed by atoms with Crippen molar-refractivity contribution in [1.29, 1.82) is 0 Å². The molecule has 0 unspecified atom stereocenters. The van der Waals surface area contributed by atoms with Crippen molar-refractivity contribution in [3.63, 3.8) is 0 Å². The van der Waals surface area contributed by atoms with E-state index in [4.69, 9.17) is 5.73 Å². The van der Waals surface area contributed by atoms with Crippen LogP contribution in [0.1, 0.15) is 5.56 Å². The molecule has 0 aliphatic heterocycles. The number of hydrogen-bond acceptors (Lipinski definition) is 1. The normalized spacial score (nSPS) is 8.64. The Kier molecular flexibility index (Phi) is 8.59. The van der Waals surface area contributed by atoms with Gasteiger partial charge in [-0.3, -0.25) is 0 Å². The summed E-state index contributed by atoms with van der Waals surface area (Å²) in [5.74, 6) is 0. The van der Waals surface area contributed by atoms with Crippen molar-refractivity contribution >= 4 is 20.2 Å². The minimum atomic E-state index is 0.640. The molecule has 67 valence electrons. The van der Waals surface area contributed by atoms with E-state index in [2.05, 4.69) is 20.2 Å². The summed E-state index contributed by atoms with van der Waals surface area (Å²) in [4.78, 5) is 0. The molecule has 0 radical (unpaired) electrons. The fourth-order valence-electron chi connectivity index (χ4n) is 0.614. The first-order chi connectivity index (χ1) is 5.35. The van der Waals surface area contributed by atoms with Crippen molar-refractivity contribution < 1.29 is 13.1 Å². The van der Waals surface area contributed by atoms with Gasteiger partial charge in [0.15, 0.2) is 0 Å².